The van der Waals surface area contributed by atoms with Crippen LogP contribution in [0.15, 0.2) is 45.8 Å². The molecule has 4 aromatic rings. The summed E-state index contributed by atoms with van der Waals surface area (Å²) in [5, 5.41) is 4.06. The number of aromatic nitrogens is 4. The van der Waals surface area contributed by atoms with Crippen molar-refractivity contribution in [2.45, 2.75) is 19.4 Å². The summed E-state index contributed by atoms with van der Waals surface area (Å²) in [6, 6.07) is 8.18. The van der Waals surface area contributed by atoms with E-state index in [1.165, 1.54) is 30.8 Å². The second-order valence-corrected chi connectivity index (χ2v) is 8.45. The van der Waals surface area contributed by atoms with E-state index in [4.69, 9.17) is 4.52 Å². The molecular formula is C19H15F3N4O5S. The van der Waals surface area contributed by atoms with Gasteiger partial charge in [0.05, 0.1) is 5.56 Å². The van der Waals surface area contributed by atoms with E-state index in [-0.39, 0.29) is 16.9 Å². The van der Waals surface area contributed by atoms with E-state index in [1.807, 2.05) is 0 Å². The highest BCUT2D eigenvalue weighted by Gasteiger charge is 2.49. The van der Waals surface area contributed by atoms with Crippen molar-refractivity contribution in [3.8, 4) is 28.1 Å². The molecule has 0 bridgehead atoms. The summed E-state index contributed by atoms with van der Waals surface area (Å²) in [6.45, 7) is 3.05. The molecule has 0 atom stereocenters. The molecule has 0 saturated heterocycles. The monoisotopic (exact) mass is 468 g/mol. The van der Waals surface area contributed by atoms with Crippen molar-refractivity contribution in [3.05, 3.63) is 58.5 Å². The Bertz CT molecular complexity index is 1500. The molecule has 13 heteroatoms. The van der Waals surface area contributed by atoms with Crippen LogP contribution >= 0.6 is 0 Å². The van der Waals surface area contributed by atoms with Gasteiger partial charge < -0.3 is 8.71 Å². The molecule has 3 aromatic heterocycles. The van der Waals surface area contributed by atoms with E-state index >= 15 is 0 Å². The van der Waals surface area contributed by atoms with Crippen LogP contribution in [0.4, 0.5) is 13.2 Å². The Kier molecular flexibility index (Phi) is 4.88. The summed E-state index contributed by atoms with van der Waals surface area (Å²) in [5.74, 6) is -0.276. The van der Waals surface area contributed by atoms with Crippen LogP contribution in [0.5, 0.6) is 5.88 Å². The Morgan fingerprint density at radius 2 is 1.69 bits per heavy atom. The number of hydrogen-bond acceptors (Lipinski definition) is 7. The highest BCUT2D eigenvalue weighted by atomic mass is 32.2. The summed E-state index contributed by atoms with van der Waals surface area (Å²) in [6.07, 6.45) is 1.49. The van der Waals surface area contributed by atoms with Crippen LogP contribution in [0, 0.1) is 13.8 Å². The summed E-state index contributed by atoms with van der Waals surface area (Å²) in [7, 11) is -4.40. The number of halogens is 3. The average molecular weight is 468 g/mol. The molecule has 0 N–H and O–H groups in total. The molecule has 0 aliphatic heterocycles. The fraction of sp³-hybridized carbons (Fsp3) is 0.211. The van der Waals surface area contributed by atoms with Gasteiger partial charge in [-0.2, -0.15) is 36.4 Å². The van der Waals surface area contributed by atoms with E-state index in [1.54, 1.807) is 31.2 Å². The van der Waals surface area contributed by atoms with Crippen molar-refractivity contribution in [3.63, 3.8) is 0 Å². The summed E-state index contributed by atoms with van der Waals surface area (Å²) >= 11 is 0. The minimum absolute atomic E-state index is 0.00801. The lowest BCUT2D eigenvalue weighted by molar-refractivity contribution is -0.0501. The van der Waals surface area contributed by atoms with Crippen molar-refractivity contribution in [1.82, 2.24) is 19.3 Å². The summed E-state index contributed by atoms with van der Waals surface area (Å²) < 4.78 is 72.9. The number of hydrogen-bond donors (Lipinski definition) is 0. The third kappa shape index (κ3) is 3.64. The minimum atomic E-state index is -5.90. The standard InChI is InChI=1S/C19H15F3N4O5S/c1-10-16(18(27)25(3)30-10)13-6-4-12(5-7-13)14-8-15-17(23-11(2)24-26(15)9-14)31-32(28,29)19(20,21)22/h4-9H,1-3H3. The van der Waals surface area contributed by atoms with Gasteiger partial charge in [0.2, 0.25) is 0 Å². The van der Waals surface area contributed by atoms with Gasteiger partial charge in [0.15, 0.2) is 0 Å². The molecule has 4 rings (SSSR count). The molecule has 0 saturated carbocycles. The lowest BCUT2D eigenvalue weighted by atomic mass is 10.0. The highest BCUT2D eigenvalue weighted by Crippen LogP contribution is 2.32. The van der Waals surface area contributed by atoms with E-state index in [2.05, 4.69) is 14.3 Å². The van der Waals surface area contributed by atoms with Gasteiger partial charge >= 0.3 is 15.6 Å². The van der Waals surface area contributed by atoms with Gasteiger partial charge in [-0.05, 0) is 31.0 Å². The van der Waals surface area contributed by atoms with Crippen molar-refractivity contribution < 1.29 is 30.3 Å². The molecule has 0 fully saturated rings. The molecule has 168 valence electrons. The molecule has 0 radical (unpaired) electrons. The van der Waals surface area contributed by atoms with Gasteiger partial charge in [-0.25, -0.2) is 4.52 Å². The first-order chi connectivity index (χ1) is 14.9. The SMILES string of the molecule is Cc1nc(OS(=O)(=O)C(F)(F)F)c2cc(-c3ccc(-c4c(C)on(C)c4=O)cc3)cn2n1. The van der Waals surface area contributed by atoms with Crippen molar-refractivity contribution in [2.75, 3.05) is 0 Å². The van der Waals surface area contributed by atoms with E-state index in [0.29, 0.717) is 28.0 Å². The van der Waals surface area contributed by atoms with E-state index in [0.717, 1.165) is 4.74 Å². The number of aryl methyl sites for hydroxylation is 3. The summed E-state index contributed by atoms with van der Waals surface area (Å²) in [4.78, 5) is 15.9. The third-order valence-corrected chi connectivity index (χ3v) is 5.58. The lowest BCUT2D eigenvalue weighted by Crippen LogP contribution is -2.28. The van der Waals surface area contributed by atoms with Crippen LogP contribution in [0.2, 0.25) is 0 Å². The number of rotatable bonds is 4. The number of alkyl halides is 3. The normalized spacial score (nSPS) is 12.4. The van der Waals surface area contributed by atoms with Crippen LogP contribution in [-0.2, 0) is 17.2 Å². The topological polar surface area (TPSA) is 109 Å². The van der Waals surface area contributed by atoms with Crippen LogP contribution in [0.3, 0.4) is 0 Å². The molecule has 32 heavy (non-hydrogen) atoms. The van der Waals surface area contributed by atoms with Gasteiger partial charge in [-0.1, -0.05) is 24.3 Å². The average Bonchev–Trinajstić information content (AvgIpc) is 3.21. The molecule has 0 unspecified atom stereocenters. The van der Waals surface area contributed by atoms with Crippen molar-refractivity contribution in [2.24, 2.45) is 7.05 Å². The number of nitrogens with zero attached hydrogens (tertiary/aromatic N) is 4. The van der Waals surface area contributed by atoms with Crippen LogP contribution < -0.4 is 9.74 Å². The second-order valence-electron chi connectivity index (χ2n) is 6.91. The second kappa shape index (κ2) is 7.22. The maximum Gasteiger partial charge on any atom is 0.534 e. The molecule has 0 spiro atoms. The predicted octanol–water partition coefficient (Wildman–Crippen LogP) is 3.20. The van der Waals surface area contributed by atoms with Gasteiger partial charge in [-0.3, -0.25) is 4.79 Å². The Labute approximate surface area is 178 Å². The van der Waals surface area contributed by atoms with E-state index in [9.17, 15) is 26.4 Å². The first-order valence-corrected chi connectivity index (χ1v) is 10.4. The molecular weight excluding hydrogens is 453 g/mol. The maximum atomic E-state index is 12.7. The zero-order valence-corrected chi connectivity index (χ0v) is 17.7. The Morgan fingerprint density at radius 3 is 2.25 bits per heavy atom. The van der Waals surface area contributed by atoms with Gasteiger partial charge in [0.25, 0.3) is 11.4 Å². The highest BCUT2D eigenvalue weighted by molar-refractivity contribution is 7.88. The molecule has 9 nitrogen and oxygen atoms in total. The predicted molar refractivity (Wildman–Crippen MR) is 106 cm³/mol. The smallest absolute Gasteiger partial charge is 0.381 e. The summed E-state index contributed by atoms with van der Waals surface area (Å²) in [5.41, 5.74) is -3.76. The van der Waals surface area contributed by atoms with Gasteiger partial charge in [-0.15, -0.1) is 0 Å². The third-order valence-electron chi connectivity index (χ3n) is 4.64. The maximum absolute atomic E-state index is 12.7. The zero-order valence-electron chi connectivity index (χ0n) is 16.8. The largest absolute Gasteiger partial charge is 0.534 e. The fourth-order valence-electron chi connectivity index (χ4n) is 3.20. The fourth-order valence-corrected chi connectivity index (χ4v) is 3.63. The van der Waals surface area contributed by atoms with Crippen molar-refractivity contribution >= 4 is 15.6 Å². The zero-order chi connectivity index (χ0) is 23.4. The van der Waals surface area contributed by atoms with Crippen LogP contribution in [0.1, 0.15) is 11.6 Å². The molecule has 0 aliphatic rings. The quantitative estimate of drug-likeness (QED) is 0.334. The van der Waals surface area contributed by atoms with Gasteiger partial charge in [0, 0.05) is 18.8 Å². The number of fused-ring (bicyclic) bond motifs is 1. The van der Waals surface area contributed by atoms with Crippen LogP contribution in [-0.4, -0.2) is 33.3 Å². The first-order valence-electron chi connectivity index (χ1n) is 9.03. The lowest BCUT2D eigenvalue weighted by Gasteiger charge is -2.09. The van der Waals surface area contributed by atoms with E-state index < -0.39 is 21.5 Å². The molecule has 0 amide bonds. The Hall–Kier alpha value is -3.61. The Balaban J connectivity index is 1.76. The minimum Gasteiger partial charge on any atom is -0.381 e. The first kappa shape index (κ1) is 21.6. The molecule has 0 aliphatic carbocycles. The van der Waals surface area contributed by atoms with Crippen LogP contribution in [0.25, 0.3) is 27.8 Å². The molecule has 3 heterocycles. The van der Waals surface area contributed by atoms with Gasteiger partial charge in [0.1, 0.15) is 17.1 Å². The molecule has 1 aromatic carbocycles. The Morgan fingerprint density at radius 1 is 1.06 bits per heavy atom. The van der Waals surface area contributed by atoms with Crippen molar-refractivity contribution in [1.29, 1.82) is 0 Å². The number of benzene rings is 1.